The van der Waals surface area contributed by atoms with Crippen LogP contribution in [0, 0.1) is 27.8 Å². The van der Waals surface area contributed by atoms with Crippen LogP contribution in [-0.4, -0.2) is 174 Å². The van der Waals surface area contributed by atoms with Gasteiger partial charge in [0.05, 0.1) is 82.1 Å². The summed E-state index contributed by atoms with van der Waals surface area (Å²) >= 11 is 15.0. The summed E-state index contributed by atoms with van der Waals surface area (Å²) in [5.41, 5.74) is 12.8. The minimum absolute atomic E-state index is 0.00285. The number of amides is 6. The topological polar surface area (TPSA) is 294 Å². The molecule has 0 spiro atoms. The Morgan fingerprint density at radius 1 is 0.589 bits per heavy atom. The van der Waals surface area contributed by atoms with Crippen molar-refractivity contribution < 1.29 is 57.2 Å². The van der Waals surface area contributed by atoms with Crippen LogP contribution in [0.2, 0.25) is 10.0 Å². The largest absolute Gasteiger partial charge is 0.444 e. The molecule has 95 heavy (non-hydrogen) atoms. The molecule has 6 heterocycles. The van der Waals surface area contributed by atoms with E-state index >= 15 is 0 Å². The second-order valence-corrected chi connectivity index (χ2v) is 29.8. The number of terminal acetylenes is 1. The predicted octanol–water partition coefficient (Wildman–Crippen LogP) is 11.4. The summed E-state index contributed by atoms with van der Waals surface area (Å²) < 4.78 is 41.4. The maximum absolute atomic E-state index is 13.4. The third kappa shape index (κ3) is 17.8. The highest BCUT2D eigenvalue weighted by Crippen LogP contribution is 2.41. The molecule has 4 N–H and O–H groups in total. The molecule has 4 atom stereocenters. The van der Waals surface area contributed by atoms with E-state index < -0.39 is 70.7 Å². The number of likely N-dealkylation sites (tertiary alicyclic amines) is 2. The molecule has 2 saturated carbocycles. The zero-order valence-electron chi connectivity index (χ0n) is 56.6. The summed E-state index contributed by atoms with van der Waals surface area (Å²) in [4.78, 5) is 92.1. The van der Waals surface area contributed by atoms with E-state index in [0.717, 1.165) is 48.4 Å². The van der Waals surface area contributed by atoms with Crippen LogP contribution in [0.4, 0.5) is 30.8 Å². The lowest BCUT2D eigenvalue weighted by atomic mass is 10.1. The molecule has 2 saturated heterocycles. The van der Waals surface area contributed by atoms with Gasteiger partial charge in [0, 0.05) is 62.6 Å². The number of anilines is 2. The fourth-order valence-corrected chi connectivity index (χ4v) is 11.8. The first-order valence-electron chi connectivity index (χ1n) is 31.0. The number of methoxy groups -OCH3 is 2. The van der Waals surface area contributed by atoms with Gasteiger partial charge in [-0.25, -0.2) is 38.5 Å². The lowest BCUT2D eigenvalue weighted by Gasteiger charge is -2.28. The normalized spacial score (nSPS) is 18.0. The number of nitrogens with zero attached hydrogens (tertiary/aromatic N) is 12. The first-order valence-corrected chi connectivity index (χ1v) is 32.9. The molecule has 26 nitrogen and oxygen atoms in total. The van der Waals surface area contributed by atoms with Crippen molar-refractivity contribution in [3.63, 3.8) is 0 Å². The minimum Gasteiger partial charge on any atom is -0.444 e. The Morgan fingerprint density at radius 3 is 1.36 bits per heavy atom. The molecule has 6 amide bonds. The van der Waals surface area contributed by atoms with E-state index in [1.807, 2.05) is 24.5 Å². The van der Waals surface area contributed by atoms with E-state index in [4.69, 9.17) is 74.6 Å². The second kappa shape index (κ2) is 28.9. The lowest BCUT2D eigenvalue weighted by Crippen LogP contribution is -2.41. The van der Waals surface area contributed by atoms with Gasteiger partial charge in [0.2, 0.25) is 0 Å². The van der Waals surface area contributed by atoms with E-state index in [1.54, 1.807) is 112 Å². The predicted molar refractivity (Wildman–Crippen MR) is 368 cm³/mol. The number of imidazole rings is 2. The minimum atomic E-state index is -0.842. The summed E-state index contributed by atoms with van der Waals surface area (Å²) in [6, 6.07) is 7.16. The Bertz CT molecular complexity index is 4010. The fourth-order valence-electron chi connectivity index (χ4n) is 11.0. The first kappa shape index (κ1) is 73.0. The summed E-state index contributed by atoms with van der Waals surface area (Å²) in [5.74, 6) is 6.89. The highest BCUT2D eigenvalue weighted by atomic mass is 127. The van der Waals surface area contributed by atoms with Gasteiger partial charge in [-0.3, -0.25) is 19.4 Å². The average molecular weight is 1460 g/mol. The van der Waals surface area contributed by atoms with Gasteiger partial charge in [-0.15, -0.1) is 6.42 Å². The summed E-state index contributed by atoms with van der Waals surface area (Å²) in [7, 11) is 6.01. The Hall–Kier alpha value is -7.83. The Kier molecular flexibility index (Phi) is 22.2. The maximum atomic E-state index is 13.4. The highest BCUT2D eigenvalue weighted by Gasteiger charge is 2.44. The molecule has 2 aliphatic heterocycles. The maximum Gasteiger partial charge on any atom is 0.415 e. The summed E-state index contributed by atoms with van der Waals surface area (Å²) in [6.07, 6.45) is 12.4. The number of hydrogen-bond donors (Lipinski definition) is 2. The van der Waals surface area contributed by atoms with Crippen molar-refractivity contribution in [1.29, 1.82) is 0 Å². The molecule has 10 rings (SSSR count). The molecule has 4 fully saturated rings. The third-order valence-corrected chi connectivity index (χ3v) is 17.1. The zero-order valence-corrected chi connectivity index (χ0v) is 60.3. The van der Waals surface area contributed by atoms with E-state index in [9.17, 15) is 28.8 Å². The van der Waals surface area contributed by atoms with E-state index in [-0.39, 0.29) is 72.5 Å². The van der Waals surface area contributed by atoms with Crippen molar-refractivity contribution in [2.45, 2.75) is 180 Å². The van der Waals surface area contributed by atoms with Crippen molar-refractivity contribution >= 4 is 116 Å². The summed E-state index contributed by atoms with van der Waals surface area (Å²) in [5, 5.41) is 10.4. The molecule has 2 aromatic carbocycles. The van der Waals surface area contributed by atoms with Crippen LogP contribution < -0.4 is 21.3 Å². The van der Waals surface area contributed by atoms with Gasteiger partial charge in [0.15, 0.2) is 17.3 Å². The SMILES string of the molecule is C#Cc1nn([C@H]2C[C@H](COC)N(C(=O)OC(C)(C)C)C2)c(N(C)C(=O)OC(C)(C)C)c1C(N)=O.COC[C@H]1C[C@H](n2nc(C#Cc3cc4ncn(C5CC5)c4cc3Cl)c(C(N)=O)c2N(C)C(=O)OC(C)(C)C)CN1C(=O)OC(C)(C)C.Clc1cc2c(cc1I)ncn2C1CC1. The molecule has 0 bridgehead atoms. The van der Waals surface area contributed by atoms with Crippen molar-refractivity contribution in [3.8, 4) is 24.2 Å². The molecular weight excluding hydrogens is 1380 g/mol. The van der Waals surface area contributed by atoms with Crippen molar-refractivity contribution in [2.24, 2.45) is 11.5 Å². The second-order valence-electron chi connectivity index (χ2n) is 27.8. The standard InChI is InChI=1S/C33H42ClN7O6.C23H35N5O6.C10H8ClIN2/c1-32(2,3)46-30(43)38(7)29-27(28(35)42)24(12-9-19-13-25-26(15-23(19)34)40(18-36-25)20-10-11-20)37-41(29)21-14-22(17-45-8)39(16-21)31(44)47-33(4,5)6;1-10-16-17(18(24)29)19(26(8)20(30)33-22(2,3)4)28(25-16)14-11-15(13-32-9)27(12-14)21(31)34-23(5,6)7;11-7-3-10-9(4-8(7)12)13-5-14(10)6-1-2-6/h13,15,18,20-22H,10-11,14,16-17H2,1-8H3,(H2,35,42);1,14-15H,11-13H2,2-9H3,(H2,24,29);3-6H,1-2H2/t21-,22+;14-,15+;/m00./s1. The molecule has 4 aromatic heterocycles. The lowest BCUT2D eigenvalue weighted by molar-refractivity contribution is 0.0136. The number of ether oxygens (including phenoxy) is 6. The van der Waals surface area contributed by atoms with Crippen LogP contribution in [0.5, 0.6) is 0 Å². The van der Waals surface area contributed by atoms with E-state index in [1.165, 1.54) is 48.3 Å². The molecule has 0 unspecified atom stereocenters. The molecule has 0 radical (unpaired) electrons. The zero-order chi connectivity index (χ0) is 70.1. The molecule has 29 heteroatoms. The van der Waals surface area contributed by atoms with Gasteiger partial charge < -0.3 is 58.8 Å². The Labute approximate surface area is 576 Å². The fraction of sp³-hybridized carbons (Fsp3) is 0.545. The molecule has 512 valence electrons. The van der Waals surface area contributed by atoms with Crippen LogP contribution in [-0.2, 0) is 28.4 Å². The van der Waals surface area contributed by atoms with Gasteiger partial charge in [-0.05, 0) is 180 Å². The Morgan fingerprint density at radius 2 is 0.979 bits per heavy atom. The van der Waals surface area contributed by atoms with Gasteiger partial charge in [-0.1, -0.05) is 29.1 Å². The smallest absolute Gasteiger partial charge is 0.415 e. The molecule has 2 aliphatic carbocycles. The number of benzene rings is 2. The van der Waals surface area contributed by atoms with Gasteiger partial charge in [0.25, 0.3) is 11.8 Å². The van der Waals surface area contributed by atoms with Crippen molar-refractivity contribution in [2.75, 3.05) is 64.4 Å². The van der Waals surface area contributed by atoms with Gasteiger partial charge in [0.1, 0.15) is 39.2 Å². The van der Waals surface area contributed by atoms with Gasteiger partial charge in [-0.2, -0.15) is 10.2 Å². The highest BCUT2D eigenvalue weighted by molar-refractivity contribution is 14.1. The number of primary amides is 2. The molecular formula is C66H85Cl2IN14O12. The number of aromatic nitrogens is 8. The van der Waals surface area contributed by atoms with E-state index in [0.29, 0.717) is 35.5 Å². The number of carbonyl (C=O) groups is 6. The monoisotopic (exact) mass is 1460 g/mol. The average Bonchev–Trinajstić information content (AvgIpc) is 1.64. The van der Waals surface area contributed by atoms with Gasteiger partial charge >= 0.3 is 24.4 Å². The van der Waals surface area contributed by atoms with Crippen LogP contribution in [0.15, 0.2) is 36.9 Å². The number of nitrogens with two attached hydrogens (primary N) is 2. The summed E-state index contributed by atoms with van der Waals surface area (Å²) in [6.45, 7) is 22.0. The first-order chi connectivity index (χ1) is 44.3. The quantitative estimate of drug-likeness (QED) is 0.0654. The molecule has 6 aromatic rings. The Balaban J connectivity index is 0.000000208. The van der Waals surface area contributed by atoms with Crippen molar-refractivity contribution in [3.05, 3.63) is 78.6 Å². The third-order valence-electron chi connectivity index (χ3n) is 15.3. The van der Waals surface area contributed by atoms with Crippen LogP contribution in [0.25, 0.3) is 22.1 Å². The molecule has 4 aliphatic rings. The number of carbonyl (C=O) groups excluding carboxylic acids is 6. The number of hydrogen-bond acceptors (Lipinski definition) is 16. The van der Waals surface area contributed by atoms with E-state index in [2.05, 4.69) is 64.6 Å². The van der Waals surface area contributed by atoms with Crippen LogP contribution in [0.3, 0.4) is 0 Å². The van der Waals surface area contributed by atoms with Crippen LogP contribution >= 0.6 is 45.8 Å². The number of rotatable bonds is 12. The van der Waals surface area contributed by atoms with Crippen molar-refractivity contribution in [1.82, 2.24) is 48.5 Å². The van der Waals surface area contributed by atoms with Crippen LogP contribution in [0.1, 0.15) is 183 Å². The number of halogens is 3. The number of fused-ring (bicyclic) bond motifs is 2.